The van der Waals surface area contributed by atoms with Crippen molar-refractivity contribution in [2.24, 2.45) is 5.92 Å². The number of benzene rings is 1. The molecule has 6 heteroatoms. The summed E-state index contributed by atoms with van der Waals surface area (Å²) in [6, 6.07) is 5.21. The van der Waals surface area contributed by atoms with Crippen LogP contribution in [0.2, 0.25) is 0 Å². The number of nitrogens with one attached hydrogen (secondary N) is 1. The third-order valence-corrected chi connectivity index (χ3v) is 5.41. The first kappa shape index (κ1) is 15.1. The first-order chi connectivity index (χ1) is 9.45. The van der Waals surface area contributed by atoms with Gasteiger partial charge in [0.15, 0.2) is 9.84 Å². The lowest BCUT2D eigenvalue weighted by molar-refractivity contribution is 0.385. The van der Waals surface area contributed by atoms with E-state index >= 15 is 0 Å². The van der Waals surface area contributed by atoms with Crippen molar-refractivity contribution in [3.05, 3.63) is 23.8 Å². The molecule has 2 rings (SSSR count). The average Bonchev–Trinajstić information content (AvgIpc) is 2.55. The van der Waals surface area contributed by atoms with E-state index < -0.39 is 9.84 Å². The van der Waals surface area contributed by atoms with Crippen molar-refractivity contribution in [3.8, 4) is 11.5 Å². The Morgan fingerprint density at radius 1 is 1.20 bits per heavy atom. The summed E-state index contributed by atoms with van der Waals surface area (Å²) in [6.07, 6.45) is 0. The zero-order valence-electron chi connectivity index (χ0n) is 12.0. The van der Waals surface area contributed by atoms with E-state index in [1.807, 2.05) is 19.1 Å². The third kappa shape index (κ3) is 3.43. The standard InChI is InChI=1S/C14H21NO4S/c1-10-7-15-13(9-20(16,17)8-10)12-5-4-11(18-2)6-14(12)19-3/h4-6,10,13,15H,7-9H2,1-3H3. The van der Waals surface area contributed by atoms with Gasteiger partial charge in [0.1, 0.15) is 11.5 Å². The minimum atomic E-state index is -3.06. The Morgan fingerprint density at radius 2 is 1.95 bits per heavy atom. The summed E-state index contributed by atoms with van der Waals surface area (Å²) in [7, 11) is 0.108. The van der Waals surface area contributed by atoms with E-state index in [0.29, 0.717) is 18.0 Å². The first-order valence-corrected chi connectivity index (χ1v) is 8.43. The fourth-order valence-corrected chi connectivity index (χ4v) is 4.45. The molecule has 1 heterocycles. The van der Waals surface area contributed by atoms with Gasteiger partial charge in [0.25, 0.3) is 0 Å². The molecule has 0 aromatic heterocycles. The molecule has 1 saturated heterocycles. The van der Waals surface area contributed by atoms with Crippen molar-refractivity contribution in [2.75, 3.05) is 32.3 Å². The topological polar surface area (TPSA) is 64.6 Å². The van der Waals surface area contributed by atoms with Gasteiger partial charge in [0.05, 0.1) is 25.7 Å². The highest BCUT2D eigenvalue weighted by Crippen LogP contribution is 2.31. The molecule has 5 nitrogen and oxygen atoms in total. The van der Waals surface area contributed by atoms with Crippen molar-refractivity contribution < 1.29 is 17.9 Å². The SMILES string of the molecule is COc1ccc(C2CS(=O)(=O)CC(C)CN2)c(OC)c1. The lowest BCUT2D eigenvalue weighted by atomic mass is 10.1. The summed E-state index contributed by atoms with van der Waals surface area (Å²) in [5, 5.41) is 3.32. The maximum Gasteiger partial charge on any atom is 0.152 e. The van der Waals surface area contributed by atoms with Crippen LogP contribution in [0.4, 0.5) is 0 Å². The second-order valence-electron chi connectivity index (χ2n) is 5.25. The third-order valence-electron chi connectivity index (χ3n) is 3.49. The van der Waals surface area contributed by atoms with Gasteiger partial charge < -0.3 is 14.8 Å². The zero-order valence-corrected chi connectivity index (χ0v) is 12.9. The number of hydrogen-bond acceptors (Lipinski definition) is 5. The summed E-state index contributed by atoms with van der Waals surface area (Å²) in [6.45, 7) is 2.62. The normalized spacial score (nSPS) is 25.8. The van der Waals surface area contributed by atoms with Crippen LogP contribution in [-0.2, 0) is 9.84 Å². The van der Waals surface area contributed by atoms with Gasteiger partial charge in [-0.15, -0.1) is 0 Å². The lowest BCUT2D eigenvalue weighted by Crippen LogP contribution is -2.26. The van der Waals surface area contributed by atoms with Crippen LogP contribution in [0.5, 0.6) is 11.5 Å². The molecule has 0 bridgehead atoms. The maximum atomic E-state index is 12.1. The fraction of sp³-hybridized carbons (Fsp3) is 0.571. The molecular weight excluding hydrogens is 278 g/mol. The second-order valence-corrected chi connectivity index (χ2v) is 7.40. The van der Waals surface area contributed by atoms with E-state index in [1.165, 1.54) is 0 Å². The maximum absolute atomic E-state index is 12.1. The van der Waals surface area contributed by atoms with Gasteiger partial charge in [-0.05, 0) is 18.5 Å². The van der Waals surface area contributed by atoms with E-state index in [0.717, 1.165) is 5.56 Å². The molecule has 2 atom stereocenters. The molecule has 0 radical (unpaired) electrons. The summed E-state index contributed by atoms with van der Waals surface area (Å²) in [5.41, 5.74) is 0.853. The van der Waals surface area contributed by atoms with Crippen LogP contribution in [0.1, 0.15) is 18.5 Å². The fourth-order valence-electron chi connectivity index (χ4n) is 2.52. The zero-order chi connectivity index (χ0) is 14.8. The number of hydrogen-bond donors (Lipinski definition) is 1. The molecule has 0 saturated carbocycles. The van der Waals surface area contributed by atoms with E-state index in [2.05, 4.69) is 5.32 Å². The highest BCUT2D eigenvalue weighted by molar-refractivity contribution is 7.91. The Balaban J connectivity index is 2.35. The van der Waals surface area contributed by atoms with Gasteiger partial charge in [-0.1, -0.05) is 13.0 Å². The number of ether oxygens (including phenoxy) is 2. The van der Waals surface area contributed by atoms with E-state index in [-0.39, 0.29) is 23.5 Å². The van der Waals surface area contributed by atoms with Crippen molar-refractivity contribution >= 4 is 9.84 Å². The molecule has 1 aliphatic heterocycles. The number of sulfone groups is 1. The lowest BCUT2D eigenvalue weighted by Gasteiger charge is -2.19. The Bertz CT molecular complexity index is 571. The average molecular weight is 299 g/mol. The molecule has 0 amide bonds. The van der Waals surface area contributed by atoms with Crippen LogP contribution in [0, 0.1) is 5.92 Å². The van der Waals surface area contributed by atoms with Crippen molar-refractivity contribution in [2.45, 2.75) is 13.0 Å². The molecule has 112 valence electrons. The van der Waals surface area contributed by atoms with Gasteiger partial charge in [-0.2, -0.15) is 0 Å². The van der Waals surface area contributed by atoms with Crippen molar-refractivity contribution in [1.29, 1.82) is 0 Å². The number of rotatable bonds is 3. The highest BCUT2D eigenvalue weighted by Gasteiger charge is 2.28. The molecule has 1 fully saturated rings. The van der Waals surface area contributed by atoms with Gasteiger partial charge >= 0.3 is 0 Å². The molecule has 1 N–H and O–H groups in total. The van der Waals surface area contributed by atoms with E-state index in [4.69, 9.17) is 9.47 Å². The number of methoxy groups -OCH3 is 2. The van der Waals surface area contributed by atoms with Crippen LogP contribution in [0.15, 0.2) is 18.2 Å². The monoisotopic (exact) mass is 299 g/mol. The predicted molar refractivity (Wildman–Crippen MR) is 78.1 cm³/mol. The predicted octanol–water partition coefficient (Wildman–Crippen LogP) is 1.40. The quantitative estimate of drug-likeness (QED) is 0.914. The van der Waals surface area contributed by atoms with Crippen LogP contribution < -0.4 is 14.8 Å². The highest BCUT2D eigenvalue weighted by atomic mass is 32.2. The smallest absolute Gasteiger partial charge is 0.152 e. The molecule has 0 aliphatic carbocycles. The molecule has 20 heavy (non-hydrogen) atoms. The van der Waals surface area contributed by atoms with Gasteiger partial charge in [-0.25, -0.2) is 8.42 Å². The first-order valence-electron chi connectivity index (χ1n) is 6.61. The molecule has 1 aliphatic rings. The summed E-state index contributed by atoms with van der Waals surface area (Å²) in [5.74, 6) is 1.78. The Labute approximate surface area is 120 Å². The minimum Gasteiger partial charge on any atom is -0.497 e. The Morgan fingerprint density at radius 3 is 2.60 bits per heavy atom. The van der Waals surface area contributed by atoms with Crippen LogP contribution >= 0.6 is 0 Å². The van der Waals surface area contributed by atoms with Crippen molar-refractivity contribution in [1.82, 2.24) is 5.32 Å². The Hall–Kier alpha value is -1.27. The molecule has 2 unspecified atom stereocenters. The van der Waals surface area contributed by atoms with Crippen LogP contribution in [0.25, 0.3) is 0 Å². The minimum absolute atomic E-state index is 0.0973. The molecule has 1 aromatic carbocycles. The van der Waals surface area contributed by atoms with Gasteiger partial charge in [0, 0.05) is 17.7 Å². The van der Waals surface area contributed by atoms with Crippen LogP contribution in [0.3, 0.4) is 0 Å². The van der Waals surface area contributed by atoms with E-state index in [9.17, 15) is 8.42 Å². The van der Waals surface area contributed by atoms with Crippen LogP contribution in [-0.4, -0.2) is 40.7 Å². The van der Waals surface area contributed by atoms with Gasteiger partial charge in [-0.3, -0.25) is 0 Å². The van der Waals surface area contributed by atoms with E-state index in [1.54, 1.807) is 20.3 Å². The summed E-state index contributed by atoms with van der Waals surface area (Å²) >= 11 is 0. The second kappa shape index (κ2) is 6.01. The molecule has 1 aromatic rings. The Kier molecular flexibility index (Phi) is 4.55. The van der Waals surface area contributed by atoms with Gasteiger partial charge in [0.2, 0.25) is 0 Å². The molecule has 0 spiro atoms. The largest absolute Gasteiger partial charge is 0.497 e. The molecular formula is C14H21NO4S. The van der Waals surface area contributed by atoms with Crippen molar-refractivity contribution in [3.63, 3.8) is 0 Å². The summed E-state index contributed by atoms with van der Waals surface area (Å²) < 4.78 is 34.7. The summed E-state index contributed by atoms with van der Waals surface area (Å²) in [4.78, 5) is 0.